The van der Waals surface area contributed by atoms with Crippen LogP contribution < -0.4 is 11.1 Å². The van der Waals surface area contributed by atoms with Crippen molar-refractivity contribution in [3.05, 3.63) is 58.6 Å². The van der Waals surface area contributed by atoms with Gasteiger partial charge in [-0.2, -0.15) is 0 Å². The van der Waals surface area contributed by atoms with E-state index in [1.54, 1.807) is 25.3 Å². The third-order valence-electron chi connectivity index (χ3n) is 3.60. The van der Waals surface area contributed by atoms with Crippen LogP contribution >= 0.6 is 15.9 Å². The van der Waals surface area contributed by atoms with Gasteiger partial charge in [-0.15, -0.1) is 0 Å². The molecule has 6 nitrogen and oxygen atoms in total. The lowest BCUT2D eigenvalue weighted by molar-refractivity contribution is 0.0243. The molecule has 1 aromatic carbocycles. The zero-order valence-electron chi connectivity index (χ0n) is 14.8. The molecule has 1 aliphatic rings. The highest BCUT2D eigenvalue weighted by atomic mass is 79.9. The molecular weight excluding hydrogens is 441 g/mol. The molecule has 28 heavy (non-hydrogen) atoms. The lowest BCUT2D eigenvalue weighted by Gasteiger charge is -2.23. The number of nitrogens with zero attached hydrogens (tertiary/aromatic N) is 2. The van der Waals surface area contributed by atoms with E-state index in [0.29, 0.717) is 11.4 Å². The van der Waals surface area contributed by atoms with Gasteiger partial charge in [0.25, 0.3) is 12.3 Å². The van der Waals surface area contributed by atoms with Gasteiger partial charge in [-0.25, -0.2) is 18.2 Å². The zero-order chi connectivity index (χ0) is 20.7. The Hall–Kier alpha value is -2.46. The highest BCUT2D eigenvalue weighted by molar-refractivity contribution is 9.10. The van der Waals surface area contributed by atoms with Gasteiger partial charge in [0.2, 0.25) is 0 Å². The van der Waals surface area contributed by atoms with E-state index in [2.05, 4.69) is 31.2 Å². The number of hydrogen-bond acceptors (Lipinski definition) is 5. The van der Waals surface area contributed by atoms with E-state index < -0.39 is 12.5 Å². The number of benzene rings is 1. The normalized spacial score (nSPS) is 18.7. The number of aromatic nitrogens is 1. The molecule has 0 aliphatic carbocycles. The number of rotatable bonds is 3. The van der Waals surface area contributed by atoms with Crippen molar-refractivity contribution in [3.63, 3.8) is 0 Å². The Kier molecular flexibility index (Phi) is 7.94. The summed E-state index contributed by atoms with van der Waals surface area (Å²) in [7, 11) is 0. The minimum atomic E-state index is -2.49. The van der Waals surface area contributed by atoms with Crippen molar-refractivity contribution in [2.75, 3.05) is 11.9 Å². The maximum absolute atomic E-state index is 12.7. The van der Waals surface area contributed by atoms with Gasteiger partial charge in [0, 0.05) is 16.4 Å². The molecule has 2 unspecified atom stereocenters. The van der Waals surface area contributed by atoms with Gasteiger partial charge >= 0.3 is 0 Å². The molecule has 10 heteroatoms. The molecule has 0 saturated carbocycles. The molecule has 3 rings (SSSR count). The van der Waals surface area contributed by atoms with Gasteiger partial charge in [0.1, 0.15) is 29.5 Å². The van der Waals surface area contributed by atoms with E-state index in [0.717, 1.165) is 4.47 Å². The number of amides is 1. The minimum Gasteiger partial charge on any atom is -0.385 e. The van der Waals surface area contributed by atoms with Crippen molar-refractivity contribution < 1.29 is 22.7 Å². The van der Waals surface area contributed by atoms with Crippen molar-refractivity contribution in [2.45, 2.75) is 25.5 Å². The molecule has 0 saturated heterocycles. The van der Waals surface area contributed by atoms with Crippen LogP contribution in [-0.2, 0) is 4.74 Å². The second kappa shape index (κ2) is 10.2. The van der Waals surface area contributed by atoms with Crippen LogP contribution in [0.3, 0.4) is 0 Å². The van der Waals surface area contributed by atoms with Crippen LogP contribution in [0.15, 0.2) is 52.1 Å². The van der Waals surface area contributed by atoms with Crippen LogP contribution in [0.2, 0.25) is 0 Å². The predicted octanol–water partition coefficient (Wildman–Crippen LogP) is 3.63. The number of nitrogens with two attached hydrogens (primary N) is 1. The van der Waals surface area contributed by atoms with E-state index in [-0.39, 0.29) is 30.3 Å². The lowest BCUT2D eigenvalue weighted by atomic mass is 10.2. The number of hydrogen-bond donors (Lipinski definition) is 2. The first kappa shape index (κ1) is 21.8. The van der Waals surface area contributed by atoms with Crippen molar-refractivity contribution in [1.29, 1.82) is 0 Å². The van der Waals surface area contributed by atoms with Crippen LogP contribution in [0.1, 0.15) is 17.4 Å². The topological polar surface area (TPSA) is 89.6 Å². The van der Waals surface area contributed by atoms with Crippen molar-refractivity contribution >= 4 is 33.4 Å². The van der Waals surface area contributed by atoms with Crippen LogP contribution in [0.25, 0.3) is 0 Å². The highest BCUT2D eigenvalue weighted by Gasteiger charge is 2.26. The van der Waals surface area contributed by atoms with E-state index in [1.807, 2.05) is 0 Å². The fraction of sp³-hybridized carbons (Fsp3) is 0.278. The van der Waals surface area contributed by atoms with Crippen molar-refractivity contribution in [1.82, 2.24) is 4.98 Å². The number of ether oxygens (including phenoxy) is 1. The molecule has 0 radical (unpaired) electrons. The highest BCUT2D eigenvalue weighted by Crippen LogP contribution is 2.13. The number of nitrogens with one attached hydrogen (secondary N) is 1. The second-order valence-electron chi connectivity index (χ2n) is 5.75. The summed E-state index contributed by atoms with van der Waals surface area (Å²) in [6.07, 6.45) is -1.27. The van der Waals surface area contributed by atoms with Crippen molar-refractivity contribution in [2.24, 2.45) is 10.7 Å². The number of carbonyl (C=O) groups is 1. The van der Waals surface area contributed by atoms with E-state index >= 15 is 0 Å². The van der Waals surface area contributed by atoms with Gasteiger partial charge in [0.15, 0.2) is 0 Å². The molecule has 0 fully saturated rings. The first-order valence-corrected chi connectivity index (χ1v) is 8.97. The summed E-state index contributed by atoms with van der Waals surface area (Å²) >= 11 is 3.23. The van der Waals surface area contributed by atoms with Gasteiger partial charge < -0.3 is 15.8 Å². The van der Waals surface area contributed by atoms with Gasteiger partial charge in [-0.05, 0) is 59.3 Å². The number of aliphatic imine (C=N–C) groups is 1. The molecule has 1 amide bonds. The van der Waals surface area contributed by atoms with Crippen molar-refractivity contribution in [3.8, 4) is 0 Å². The summed E-state index contributed by atoms with van der Waals surface area (Å²) in [6.45, 7) is 1.64. The van der Waals surface area contributed by atoms with Crippen LogP contribution in [-0.4, -0.2) is 41.9 Å². The predicted molar refractivity (Wildman–Crippen MR) is 103 cm³/mol. The quantitative estimate of drug-likeness (QED) is 0.734. The minimum absolute atomic E-state index is 0.0421. The Morgan fingerprint density at radius 1 is 1.29 bits per heavy atom. The molecule has 1 aliphatic heterocycles. The smallest absolute Gasteiger partial charge is 0.274 e. The van der Waals surface area contributed by atoms with Crippen LogP contribution in [0.4, 0.5) is 18.9 Å². The summed E-state index contributed by atoms with van der Waals surface area (Å²) in [4.78, 5) is 19.3. The molecule has 150 valence electrons. The Morgan fingerprint density at radius 2 is 1.96 bits per heavy atom. The maximum atomic E-state index is 12.7. The molecule has 2 atom stereocenters. The molecule has 2 aromatic rings. The van der Waals surface area contributed by atoms with E-state index in [9.17, 15) is 18.0 Å². The van der Waals surface area contributed by atoms with E-state index in [1.165, 1.54) is 24.3 Å². The average Bonchev–Trinajstić information content (AvgIpc) is 2.66. The zero-order valence-corrected chi connectivity index (χ0v) is 16.4. The summed E-state index contributed by atoms with van der Waals surface area (Å²) in [6, 6.07) is 7.80. The van der Waals surface area contributed by atoms with Gasteiger partial charge in [-0.1, -0.05) is 0 Å². The van der Waals surface area contributed by atoms with Crippen LogP contribution in [0, 0.1) is 5.82 Å². The number of alkyl halides is 2. The molecule has 2 heterocycles. The molecule has 0 spiro atoms. The number of anilines is 1. The Balaban J connectivity index is 0.000000221. The number of pyridine rings is 1. The average molecular weight is 459 g/mol. The monoisotopic (exact) mass is 458 g/mol. The largest absolute Gasteiger partial charge is 0.385 e. The third-order valence-corrected chi connectivity index (χ3v) is 4.07. The van der Waals surface area contributed by atoms with Gasteiger partial charge in [0.05, 0.1) is 6.61 Å². The second-order valence-corrected chi connectivity index (χ2v) is 6.67. The Bertz CT molecular complexity index is 817. The summed E-state index contributed by atoms with van der Waals surface area (Å²) in [5.41, 5.74) is 6.13. The SMILES string of the molecule is CC1OCC(C(F)F)N=C1N.O=C(Nc1ccc(F)cc1)c1ccc(Br)cn1. The molecule has 0 bridgehead atoms. The standard InChI is InChI=1S/C12H8BrFN2O.C6H10F2N2O/c13-8-1-6-11(15-7-8)12(17)16-10-4-2-9(14)3-5-10;1-3-6(9)10-4(2-11-3)5(7)8/h1-7H,(H,16,17);3-5H,2H2,1H3,(H2,9,10). The molecule has 1 aromatic heterocycles. The fourth-order valence-corrected chi connectivity index (χ4v) is 2.26. The summed E-state index contributed by atoms with van der Waals surface area (Å²) in [5, 5.41) is 2.62. The van der Waals surface area contributed by atoms with Crippen LogP contribution in [0.5, 0.6) is 0 Å². The molecule has 3 N–H and O–H groups in total. The van der Waals surface area contributed by atoms with E-state index in [4.69, 9.17) is 10.5 Å². The first-order chi connectivity index (χ1) is 13.3. The molecular formula is C18H18BrF3N4O2. The summed E-state index contributed by atoms with van der Waals surface area (Å²) in [5.74, 6) is -0.518. The summed E-state index contributed by atoms with van der Waals surface area (Å²) < 4.78 is 42.3. The lowest BCUT2D eigenvalue weighted by Crippen LogP contribution is -2.40. The Morgan fingerprint density at radius 3 is 2.50 bits per heavy atom. The maximum Gasteiger partial charge on any atom is 0.274 e. The number of carbonyl (C=O) groups excluding carboxylic acids is 1. The number of halogens is 4. The Labute approximate surface area is 168 Å². The first-order valence-electron chi connectivity index (χ1n) is 8.17. The number of amidine groups is 1. The third kappa shape index (κ3) is 6.61. The van der Waals surface area contributed by atoms with Gasteiger partial charge in [-0.3, -0.25) is 9.79 Å². The fourth-order valence-electron chi connectivity index (χ4n) is 2.03.